The summed E-state index contributed by atoms with van der Waals surface area (Å²) in [4.78, 5) is 47.9. The number of unbranched alkanes of at least 4 members (excludes halogenated alkanes) is 1. The number of aliphatic hydroxyl groups is 1. The van der Waals surface area contributed by atoms with Gasteiger partial charge in [0.25, 0.3) is 5.91 Å². The molecule has 0 radical (unpaired) electrons. The molecular formula is C33H46ClN5O5. The smallest absolute Gasteiger partial charge is 0.251 e. The largest absolute Gasteiger partial charge is 0.439 e. The van der Waals surface area contributed by atoms with Crippen LogP contribution in [0.3, 0.4) is 0 Å². The Kier molecular flexibility index (Phi) is 11.6. The van der Waals surface area contributed by atoms with Gasteiger partial charge in [-0.15, -0.1) is 12.4 Å². The molecule has 1 aliphatic carbocycles. The fourth-order valence-corrected chi connectivity index (χ4v) is 6.80. The van der Waals surface area contributed by atoms with Gasteiger partial charge in [0.05, 0.1) is 6.10 Å². The third kappa shape index (κ3) is 7.35. The number of aromatic nitrogens is 1. The lowest BCUT2D eigenvalue weighted by Gasteiger charge is -2.52. The Morgan fingerprint density at radius 2 is 1.82 bits per heavy atom. The maximum absolute atomic E-state index is 13.8. The van der Waals surface area contributed by atoms with E-state index in [-0.39, 0.29) is 36.0 Å². The van der Waals surface area contributed by atoms with Crippen molar-refractivity contribution in [3.63, 3.8) is 0 Å². The SMILES string of the molecule is CCCCN1C(=O)[C@@H]([C@H](O)C2CCCCC2)NC(=O)C12CCN(Cc1ccc(Oc3ccc(C(=O)NC)cc3)nc1)CC2.Cl. The van der Waals surface area contributed by atoms with Crippen molar-refractivity contribution >= 4 is 30.1 Å². The van der Waals surface area contributed by atoms with Gasteiger partial charge in [-0.2, -0.15) is 0 Å². The van der Waals surface area contributed by atoms with E-state index in [4.69, 9.17) is 4.74 Å². The highest BCUT2D eigenvalue weighted by atomic mass is 35.5. The van der Waals surface area contributed by atoms with Crippen LogP contribution in [-0.2, 0) is 16.1 Å². The van der Waals surface area contributed by atoms with Crippen molar-refractivity contribution in [2.45, 2.75) is 88.9 Å². The van der Waals surface area contributed by atoms with Gasteiger partial charge in [0.15, 0.2) is 0 Å². The lowest BCUT2D eigenvalue weighted by molar-refractivity contribution is -0.166. The number of ether oxygens (including phenoxy) is 1. The Morgan fingerprint density at radius 3 is 2.43 bits per heavy atom. The van der Waals surface area contributed by atoms with E-state index >= 15 is 0 Å². The average Bonchev–Trinajstić information content (AvgIpc) is 3.04. The molecule has 2 atom stereocenters. The summed E-state index contributed by atoms with van der Waals surface area (Å²) >= 11 is 0. The Labute approximate surface area is 266 Å². The molecule has 2 aromatic rings. The van der Waals surface area contributed by atoms with Crippen LogP contribution < -0.4 is 15.4 Å². The molecule has 5 rings (SSSR count). The topological polar surface area (TPSA) is 124 Å². The van der Waals surface area contributed by atoms with Crippen LogP contribution in [0.25, 0.3) is 0 Å². The molecule has 2 aliphatic heterocycles. The van der Waals surface area contributed by atoms with Gasteiger partial charge in [0.2, 0.25) is 17.7 Å². The Hall–Kier alpha value is -3.21. The molecule has 10 nitrogen and oxygen atoms in total. The molecule has 1 saturated carbocycles. The number of likely N-dealkylation sites (tertiary alicyclic amines) is 1. The number of benzene rings is 1. The van der Waals surface area contributed by atoms with E-state index in [0.717, 1.165) is 44.1 Å². The highest BCUT2D eigenvalue weighted by Crippen LogP contribution is 2.36. The molecule has 3 amide bonds. The first-order valence-corrected chi connectivity index (χ1v) is 15.8. The van der Waals surface area contributed by atoms with Crippen molar-refractivity contribution < 1.29 is 24.2 Å². The van der Waals surface area contributed by atoms with E-state index in [9.17, 15) is 19.5 Å². The molecule has 3 heterocycles. The summed E-state index contributed by atoms with van der Waals surface area (Å²) < 4.78 is 5.84. The Bertz CT molecular complexity index is 1260. The molecule has 0 unspecified atom stereocenters. The summed E-state index contributed by atoms with van der Waals surface area (Å²) in [5.41, 5.74) is 0.720. The van der Waals surface area contributed by atoms with Crippen LogP contribution in [0.1, 0.15) is 80.6 Å². The van der Waals surface area contributed by atoms with Crippen molar-refractivity contribution in [1.29, 1.82) is 0 Å². The van der Waals surface area contributed by atoms with Crippen LogP contribution >= 0.6 is 12.4 Å². The number of pyridine rings is 1. The van der Waals surface area contributed by atoms with Crippen molar-refractivity contribution in [1.82, 2.24) is 25.4 Å². The highest BCUT2D eigenvalue weighted by molar-refractivity contribution is 6.00. The zero-order valence-electron chi connectivity index (χ0n) is 25.8. The predicted octanol–water partition coefficient (Wildman–Crippen LogP) is 4.06. The fourth-order valence-electron chi connectivity index (χ4n) is 6.80. The van der Waals surface area contributed by atoms with Crippen molar-refractivity contribution in [3.8, 4) is 11.6 Å². The molecule has 44 heavy (non-hydrogen) atoms. The monoisotopic (exact) mass is 627 g/mol. The zero-order chi connectivity index (χ0) is 30.4. The number of hydrogen-bond donors (Lipinski definition) is 3. The molecule has 2 saturated heterocycles. The number of hydrogen-bond acceptors (Lipinski definition) is 7. The van der Waals surface area contributed by atoms with E-state index in [0.29, 0.717) is 56.2 Å². The lowest BCUT2D eigenvalue weighted by atomic mass is 9.78. The molecule has 240 valence electrons. The molecule has 0 bridgehead atoms. The molecule has 1 aromatic carbocycles. The first kappa shape index (κ1) is 33.7. The number of nitrogens with zero attached hydrogens (tertiary/aromatic N) is 3. The van der Waals surface area contributed by atoms with Crippen LogP contribution in [0, 0.1) is 5.92 Å². The summed E-state index contributed by atoms with van der Waals surface area (Å²) in [5.74, 6) is 0.724. The maximum atomic E-state index is 13.8. The van der Waals surface area contributed by atoms with Crippen LogP contribution in [0.5, 0.6) is 11.6 Å². The van der Waals surface area contributed by atoms with E-state index < -0.39 is 17.7 Å². The number of carbonyl (C=O) groups excluding carboxylic acids is 3. The fraction of sp³-hybridized carbons (Fsp3) is 0.576. The Balaban J connectivity index is 0.00000442. The van der Waals surface area contributed by atoms with Crippen LogP contribution in [-0.4, -0.2) is 82.0 Å². The summed E-state index contributed by atoms with van der Waals surface area (Å²) in [6, 6.07) is 9.83. The van der Waals surface area contributed by atoms with Gasteiger partial charge < -0.3 is 25.4 Å². The minimum Gasteiger partial charge on any atom is -0.439 e. The number of halogens is 1. The Morgan fingerprint density at radius 1 is 1.11 bits per heavy atom. The number of nitrogens with one attached hydrogen (secondary N) is 2. The number of aliphatic hydroxyl groups excluding tert-OH is 1. The normalized spacial score (nSPS) is 21.3. The standard InChI is InChI=1S/C33H45N5O5.ClH/c1-3-4-18-38-31(41)28(29(39)24-8-6-5-7-9-24)36-32(42)33(38)16-19-37(20-17-33)22-23-10-15-27(35-21-23)43-26-13-11-25(12-14-26)30(40)34-2;/h10-15,21,24,28-29,39H,3-9,16-20,22H2,1-2H3,(H,34,40)(H,36,42);1H/t28-,29-;/m1./s1. The minimum absolute atomic E-state index is 0. The van der Waals surface area contributed by atoms with Gasteiger partial charge in [0, 0.05) is 51.1 Å². The molecule has 3 N–H and O–H groups in total. The zero-order valence-corrected chi connectivity index (χ0v) is 26.6. The van der Waals surface area contributed by atoms with Gasteiger partial charge in [-0.1, -0.05) is 38.7 Å². The molecule has 1 spiro atoms. The summed E-state index contributed by atoms with van der Waals surface area (Å²) in [6.45, 7) is 4.66. The summed E-state index contributed by atoms with van der Waals surface area (Å²) in [7, 11) is 1.59. The number of carbonyl (C=O) groups is 3. The van der Waals surface area contributed by atoms with Crippen LogP contribution in [0.2, 0.25) is 0 Å². The van der Waals surface area contributed by atoms with Gasteiger partial charge in [0.1, 0.15) is 17.3 Å². The van der Waals surface area contributed by atoms with E-state index in [2.05, 4.69) is 27.4 Å². The minimum atomic E-state index is -0.866. The second kappa shape index (κ2) is 15.2. The molecule has 11 heteroatoms. The first-order chi connectivity index (χ1) is 20.8. The quantitative estimate of drug-likeness (QED) is 0.363. The average molecular weight is 628 g/mol. The number of piperidine rings is 1. The number of rotatable bonds is 10. The summed E-state index contributed by atoms with van der Waals surface area (Å²) in [6.07, 6.45) is 8.94. The highest BCUT2D eigenvalue weighted by Gasteiger charge is 2.55. The van der Waals surface area contributed by atoms with Crippen LogP contribution in [0.4, 0.5) is 0 Å². The third-order valence-corrected chi connectivity index (χ3v) is 9.42. The number of amides is 3. The molecule has 3 aliphatic rings. The molecule has 3 fully saturated rings. The van der Waals surface area contributed by atoms with Gasteiger partial charge in [-0.25, -0.2) is 4.98 Å². The van der Waals surface area contributed by atoms with Crippen molar-refractivity contribution in [2.24, 2.45) is 5.92 Å². The maximum Gasteiger partial charge on any atom is 0.251 e. The van der Waals surface area contributed by atoms with Gasteiger partial charge >= 0.3 is 0 Å². The number of piperazine rings is 1. The second-order valence-corrected chi connectivity index (χ2v) is 12.2. The van der Waals surface area contributed by atoms with Gasteiger partial charge in [-0.3, -0.25) is 19.3 Å². The first-order valence-electron chi connectivity index (χ1n) is 15.8. The lowest BCUT2D eigenvalue weighted by Crippen LogP contribution is -2.75. The van der Waals surface area contributed by atoms with Gasteiger partial charge in [-0.05, 0) is 67.9 Å². The molecule has 1 aromatic heterocycles. The molecular weight excluding hydrogens is 582 g/mol. The summed E-state index contributed by atoms with van der Waals surface area (Å²) in [5, 5.41) is 16.8. The van der Waals surface area contributed by atoms with Crippen molar-refractivity contribution in [3.05, 3.63) is 53.7 Å². The van der Waals surface area contributed by atoms with Crippen LogP contribution in [0.15, 0.2) is 42.6 Å². The van der Waals surface area contributed by atoms with E-state index in [1.165, 1.54) is 6.42 Å². The van der Waals surface area contributed by atoms with E-state index in [1.54, 1.807) is 37.5 Å². The predicted molar refractivity (Wildman–Crippen MR) is 170 cm³/mol. The van der Waals surface area contributed by atoms with Crippen molar-refractivity contribution in [2.75, 3.05) is 26.7 Å². The second-order valence-electron chi connectivity index (χ2n) is 12.2. The third-order valence-electron chi connectivity index (χ3n) is 9.42. The van der Waals surface area contributed by atoms with E-state index in [1.807, 2.05) is 17.0 Å².